The maximum absolute atomic E-state index is 12.2. The fraction of sp³-hybridized carbons (Fsp3) is 0.400. The molecule has 176 valence electrons. The molecule has 0 spiro atoms. The second-order valence-electron chi connectivity index (χ2n) is 8.24. The van der Waals surface area contributed by atoms with Gasteiger partial charge in [-0.15, -0.1) is 0 Å². The molecule has 0 heterocycles. The lowest BCUT2D eigenvalue weighted by Crippen LogP contribution is -2.30. The van der Waals surface area contributed by atoms with Crippen molar-refractivity contribution in [2.24, 2.45) is 5.92 Å². The van der Waals surface area contributed by atoms with Crippen LogP contribution in [0.25, 0.3) is 11.1 Å². The Morgan fingerprint density at radius 3 is 2.24 bits per heavy atom. The first-order valence-corrected chi connectivity index (χ1v) is 11.1. The average molecular weight is 455 g/mol. The van der Waals surface area contributed by atoms with Gasteiger partial charge in [-0.1, -0.05) is 55.5 Å². The molecule has 0 fully saturated rings. The fourth-order valence-corrected chi connectivity index (χ4v) is 3.97. The second kappa shape index (κ2) is 11.5. The van der Waals surface area contributed by atoms with Crippen LogP contribution in [-0.4, -0.2) is 54.9 Å². The van der Waals surface area contributed by atoms with Crippen LogP contribution in [0, 0.1) is 5.92 Å². The van der Waals surface area contributed by atoms with E-state index in [1.165, 1.54) is 29.3 Å². The summed E-state index contributed by atoms with van der Waals surface area (Å²) < 4.78 is 5.52. The molecule has 0 radical (unpaired) electrons. The number of fused-ring (bicyclic) bond motifs is 3. The van der Waals surface area contributed by atoms with Crippen molar-refractivity contribution in [1.29, 1.82) is 0 Å². The fourth-order valence-electron chi connectivity index (χ4n) is 3.97. The number of hydroxylamine groups is 2. The number of amides is 2. The van der Waals surface area contributed by atoms with Crippen molar-refractivity contribution in [3.63, 3.8) is 0 Å². The summed E-state index contributed by atoms with van der Waals surface area (Å²) in [6.45, 7) is 2.15. The SMILES string of the molecule is CC(CCNC(=O)OCC1c2ccccc2-c2ccccc21)CCC(=O)N(C)OCC(=O)O. The largest absolute Gasteiger partial charge is 0.479 e. The second-order valence-corrected chi connectivity index (χ2v) is 8.24. The van der Waals surface area contributed by atoms with Gasteiger partial charge in [-0.05, 0) is 41.0 Å². The lowest BCUT2D eigenvalue weighted by Gasteiger charge is -2.17. The monoisotopic (exact) mass is 454 g/mol. The quantitative estimate of drug-likeness (QED) is 0.500. The number of carboxylic acid groups (broad SMARTS) is 1. The molecule has 8 nitrogen and oxygen atoms in total. The third kappa shape index (κ3) is 6.55. The predicted octanol–water partition coefficient (Wildman–Crippen LogP) is 3.81. The van der Waals surface area contributed by atoms with Gasteiger partial charge < -0.3 is 15.2 Å². The molecule has 0 aliphatic heterocycles. The summed E-state index contributed by atoms with van der Waals surface area (Å²) in [5.74, 6) is -1.21. The molecule has 1 aliphatic rings. The number of carbonyl (C=O) groups is 3. The Hall–Kier alpha value is -3.39. The molecule has 2 aromatic carbocycles. The smallest absolute Gasteiger partial charge is 0.407 e. The summed E-state index contributed by atoms with van der Waals surface area (Å²) in [6.07, 6.45) is 1.08. The molecule has 33 heavy (non-hydrogen) atoms. The Balaban J connectivity index is 1.37. The van der Waals surface area contributed by atoms with Crippen molar-refractivity contribution in [3.05, 3.63) is 59.7 Å². The number of nitrogens with one attached hydrogen (secondary N) is 1. The Labute approximate surface area is 193 Å². The van der Waals surface area contributed by atoms with Crippen LogP contribution in [-0.2, 0) is 19.2 Å². The molecular formula is C25H30N2O6. The number of ether oxygens (including phenoxy) is 1. The zero-order chi connectivity index (χ0) is 23.8. The van der Waals surface area contributed by atoms with E-state index in [1.807, 2.05) is 31.2 Å². The highest BCUT2D eigenvalue weighted by atomic mass is 16.7. The van der Waals surface area contributed by atoms with Gasteiger partial charge in [-0.2, -0.15) is 0 Å². The third-order valence-electron chi connectivity index (χ3n) is 5.83. The van der Waals surface area contributed by atoms with Gasteiger partial charge in [0.2, 0.25) is 5.91 Å². The summed E-state index contributed by atoms with van der Waals surface area (Å²) in [5, 5.41) is 12.3. The highest BCUT2D eigenvalue weighted by Crippen LogP contribution is 2.44. The number of aliphatic carboxylic acids is 1. The Kier molecular flexibility index (Phi) is 8.43. The van der Waals surface area contributed by atoms with Gasteiger partial charge in [0.25, 0.3) is 0 Å². The van der Waals surface area contributed by atoms with E-state index in [2.05, 4.69) is 29.6 Å². The first-order valence-electron chi connectivity index (χ1n) is 11.1. The maximum atomic E-state index is 12.2. The van der Waals surface area contributed by atoms with Crippen molar-refractivity contribution in [3.8, 4) is 11.1 Å². The first kappa shape index (κ1) is 24.3. The molecule has 0 saturated heterocycles. The van der Waals surface area contributed by atoms with Gasteiger partial charge in [0.1, 0.15) is 6.61 Å². The number of alkyl carbamates (subject to hydrolysis) is 1. The lowest BCUT2D eigenvalue weighted by molar-refractivity contribution is -0.185. The van der Waals surface area contributed by atoms with E-state index in [1.54, 1.807) is 0 Å². The third-order valence-corrected chi connectivity index (χ3v) is 5.83. The molecule has 0 aromatic heterocycles. The van der Waals surface area contributed by atoms with Gasteiger partial charge in [0.05, 0.1) is 0 Å². The molecular weight excluding hydrogens is 424 g/mol. The van der Waals surface area contributed by atoms with Gasteiger partial charge in [-0.3, -0.25) is 9.63 Å². The van der Waals surface area contributed by atoms with Crippen LogP contribution < -0.4 is 5.32 Å². The minimum absolute atomic E-state index is 0.0217. The number of nitrogens with zero attached hydrogens (tertiary/aromatic N) is 1. The van der Waals surface area contributed by atoms with Crippen LogP contribution in [0.2, 0.25) is 0 Å². The number of rotatable bonds is 11. The zero-order valence-corrected chi connectivity index (χ0v) is 19.0. The zero-order valence-electron chi connectivity index (χ0n) is 19.0. The molecule has 1 unspecified atom stereocenters. The Morgan fingerprint density at radius 1 is 1.03 bits per heavy atom. The van der Waals surface area contributed by atoms with Gasteiger partial charge >= 0.3 is 12.1 Å². The molecule has 8 heteroatoms. The van der Waals surface area contributed by atoms with Crippen molar-refractivity contribution >= 4 is 18.0 Å². The summed E-state index contributed by atoms with van der Waals surface area (Å²) in [4.78, 5) is 39.5. The summed E-state index contributed by atoms with van der Waals surface area (Å²) in [5.41, 5.74) is 4.71. The molecule has 1 atom stereocenters. The molecule has 2 amide bonds. The van der Waals surface area contributed by atoms with E-state index in [0.717, 1.165) is 5.06 Å². The summed E-state index contributed by atoms with van der Waals surface area (Å²) >= 11 is 0. The van der Waals surface area contributed by atoms with E-state index in [0.29, 0.717) is 19.4 Å². The predicted molar refractivity (Wildman–Crippen MR) is 122 cm³/mol. The summed E-state index contributed by atoms with van der Waals surface area (Å²) in [7, 11) is 1.40. The highest BCUT2D eigenvalue weighted by molar-refractivity contribution is 5.79. The van der Waals surface area contributed by atoms with Gasteiger partial charge in [0, 0.05) is 25.9 Å². The maximum Gasteiger partial charge on any atom is 0.407 e. The van der Waals surface area contributed by atoms with Crippen LogP contribution >= 0.6 is 0 Å². The minimum Gasteiger partial charge on any atom is -0.479 e. The first-order chi connectivity index (χ1) is 15.9. The minimum atomic E-state index is -1.14. The van der Waals surface area contributed by atoms with Gasteiger partial charge in [-0.25, -0.2) is 14.7 Å². The number of carboxylic acids is 1. The molecule has 2 N–H and O–H groups in total. The summed E-state index contributed by atoms with van der Waals surface area (Å²) in [6, 6.07) is 16.4. The molecule has 3 rings (SSSR count). The molecule has 1 aliphatic carbocycles. The standard InChI is InChI=1S/C25H30N2O6/c1-17(11-12-23(28)27(2)33-16-24(29)30)13-14-26-25(31)32-15-22-20-9-5-3-7-18(20)19-8-4-6-10-21(19)22/h3-10,17,22H,11-16H2,1-2H3,(H,26,31)(H,29,30). The number of hydrogen-bond donors (Lipinski definition) is 2. The number of carbonyl (C=O) groups excluding carboxylic acids is 2. The van der Waals surface area contributed by atoms with Crippen molar-refractivity contribution in [2.45, 2.75) is 32.1 Å². The van der Waals surface area contributed by atoms with E-state index in [4.69, 9.17) is 14.7 Å². The van der Waals surface area contributed by atoms with Crippen molar-refractivity contribution < 1.29 is 29.1 Å². The van der Waals surface area contributed by atoms with Crippen LogP contribution in [0.5, 0.6) is 0 Å². The molecule has 2 aromatic rings. The van der Waals surface area contributed by atoms with E-state index < -0.39 is 18.7 Å². The van der Waals surface area contributed by atoms with E-state index in [9.17, 15) is 14.4 Å². The van der Waals surface area contributed by atoms with E-state index >= 15 is 0 Å². The Morgan fingerprint density at radius 2 is 1.64 bits per heavy atom. The van der Waals surface area contributed by atoms with E-state index in [-0.39, 0.29) is 30.8 Å². The van der Waals surface area contributed by atoms with Crippen LogP contribution in [0.15, 0.2) is 48.5 Å². The number of benzene rings is 2. The number of hydrogen-bond acceptors (Lipinski definition) is 5. The lowest BCUT2D eigenvalue weighted by atomic mass is 9.98. The Bertz CT molecular complexity index is 947. The van der Waals surface area contributed by atoms with Crippen LogP contribution in [0.3, 0.4) is 0 Å². The van der Waals surface area contributed by atoms with Crippen LogP contribution in [0.4, 0.5) is 4.79 Å². The van der Waals surface area contributed by atoms with Gasteiger partial charge in [0.15, 0.2) is 6.61 Å². The topological polar surface area (TPSA) is 105 Å². The molecule has 0 saturated carbocycles. The molecule has 0 bridgehead atoms. The van der Waals surface area contributed by atoms with Crippen LogP contribution in [0.1, 0.15) is 43.2 Å². The van der Waals surface area contributed by atoms with Crippen molar-refractivity contribution in [2.75, 3.05) is 26.8 Å². The normalized spacial score (nSPS) is 13.0. The highest BCUT2D eigenvalue weighted by Gasteiger charge is 2.28. The van der Waals surface area contributed by atoms with Crippen molar-refractivity contribution in [1.82, 2.24) is 10.4 Å². The average Bonchev–Trinajstić information content (AvgIpc) is 3.13.